The van der Waals surface area contributed by atoms with E-state index in [4.69, 9.17) is 0 Å². The van der Waals surface area contributed by atoms with Crippen LogP contribution in [0.15, 0.2) is 48.8 Å². The standard InChI is InChI=1S/C17H22N2/c1-13(2)15-8-6-14(7-9-15)11-17(18-3)16-5-4-10-19-12-16/h4-10,12-13,17-18H,11H2,1-3H3. The number of aromatic nitrogens is 1. The topological polar surface area (TPSA) is 24.9 Å². The summed E-state index contributed by atoms with van der Waals surface area (Å²) in [6.45, 7) is 4.45. The van der Waals surface area contributed by atoms with Gasteiger partial charge in [-0.15, -0.1) is 0 Å². The monoisotopic (exact) mass is 254 g/mol. The van der Waals surface area contributed by atoms with Gasteiger partial charge in [0, 0.05) is 18.4 Å². The molecule has 0 saturated carbocycles. The third-order valence-corrected chi connectivity index (χ3v) is 3.52. The molecule has 1 N–H and O–H groups in total. The van der Waals surface area contributed by atoms with Gasteiger partial charge in [-0.25, -0.2) is 0 Å². The van der Waals surface area contributed by atoms with Crippen LogP contribution in [-0.4, -0.2) is 12.0 Å². The highest BCUT2D eigenvalue weighted by atomic mass is 14.9. The Hall–Kier alpha value is -1.67. The van der Waals surface area contributed by atoms with Crippen LogP contribution in [0.1, 0.15) is 42.5 Å². The van der Waals surface area contributed by atoms with Gasteiger partial charge >= 0.3 is 0 Å². The summed E-state index contributed by atoms with van der Waals surface area (Å²) in [5.41, 5.74) is 3.98. The van der Waals surface area contributed by atoms with Crippen molar-refractivity contribution in [3.05, 3.63) is 65.5 Å². The minimum atomic E-state index is 0.318. The van der Waals surface area contributed by atoms with E-state index in [1.165, 1.54) is 16.7 Å². The average Bonchev–Trinajstić information content (AvgIpc) is 2.46. The molecule has 1 aromatic heterocycles. The Bertz CT molecular complexity index is 488. The first-order valence-corrected chi connectivity index (χ1v) is 6.86. The fourth-order valence-electron chi connectivity index (χ4n) is 2.24. The molecular weight excluding hydrogens is 232 g/mol. The van der Waals surface area contributed by atoms with Gasteiger partial charge in [0.05, 0.1) is 0 Å². The van der Waals surface area contributed by atoms with Crippen molar-refractivity contribution < 1.29 is 0 Å². The highest BCUT2D eigenvalue weighted by Gasteiger charge is 2.10. The molecule has 100 valence electrons. The zero-order chi connectivity index (χ0) is 13.7. The molecule has 0 fully saturated rings. The van der Waals surface area contributed by atoms with E-state index >= 15 is 0 Å². The average molecular weight is 254 g/mol. The number of nitrogens with one attached hydrogen (secondary N) is 1. The van der Waals surface area contributed by atoms with Crippen molar-refractivity contribution in [3.8, 4) is 0 Å². The summed E-state index contributed by atoms with van der Waals surface area (Å²) in [7, 11) is 2.00. The zero-order valence-corrected chi connectivity index (χ0v) is 11.9. The van der Waals surface area contributed by atoms with E-state index < -0.39 is 0 Å². The smallest absolute Gasteiger partial charge is 0.0373 e. The maximum Gasteiger partial charge on any atom is 0.0373 e. The van der Waals surface area contributed by atoms with Gasteiger partial charge < -0.3 is 5.32 Å². The van der Waals surface area contributed by atoms with Gasteiger partial charge in [-0.05, 0) is 42.1 Å². The predicted octanol–water partition coefficient (Wildman–Crippen LogP) is 3.71. The first-order chi connectivity index (χ1) is 9.20. The molecule has 2 aromatic rings. The number of likely N-dealkylation sites (N-methyl/N-ethyl adjacent to an activating group) is 1. The lowest BCUT2D eigenvalue weighted by Crippen LogP contribution is -2.18. The van der Waals surface area contributed by atoms with Crippen LogP contribution in [0.3, 0.4) is 0 Å². The Morgan fingerprint density at radius 2 is 1.79 bits per heavy atom. The molecule has 2 heteroatoms. The van der Waals surface area contributed by atoms with Crippen molar-refractivity contribution in [2.24, 2.45) is 0 Å². The summed E-state index contributed by atoms with van der Waals surface area (Å²) >= 11 is 0. The summed E-state index contributed by atoms with van der Waals surface area (Å²) < 4.78 is 0. The normalized spacial score (nSPS) is 12.6. The Labute approximate surface area is 115 Å². The second kappa shape index (κ2) is 6.48. The van der Waals surface area contributed by atoms with E-state index in [9.17, 15) is 0 Å². The van der Waals surface area contributed by atoms with Crippen LogP contribution in [-0.2, 0) is 6.42 Å². The van der Waals surface area contributed by atoms with Crippen LogP contribution in [0.4, 0.5) is 0 Å². The van der Waals surface area contributed by atoms with Crippen LogP contribution >= 0.6 is 0 Å². The van der Waals surface area contributed by atoms with Crippen molar-refractivity contribution in [2.75, 3.05) is 7.05 Å². The minimum Gasteiger partial charge on any atom is -0.313 e. The molecule has 0 bridgehead atoms. The van der Waals surface area contributed by atoms with E-state index in [-0.39, 0.29) is 0 Å². The Balaban J connectivity index is 2.10. The number of hydrogen-bond donors (Lipinski definition) is 1. The first kappa shape index (κ1) is 13.8. The first-order valence-electron chi connectivity index (χ1n) is 6.86. The van der Waals surface area contributed by atoms with E-state index in [0.29, 0.717) is 12.0 Å². The fraction of sp³-hybridized carbons (Fsp3) is 0.353. The van der Waals surface area contributed by atoms with Gasteiger partial charge in [0.25, 0.3) is 0 Å². The fourth-order valence-corrected chi connectivity index (χ4v) is 2.24. The molecule has 1 unspecified atom stereocenters. The van der Waals surface area contributed by atoms with E-state index in [2.05, 4.69) is 54.5 Å². The van der Waals surface area contributed by atoms with Crippen LogP contribution in [0.25, 0.3) is 0 Å². The molecule has 0 aliphatic carbocycles. The van der Waals surface area contributed by atoms with Crippen LogP contribution in [0.5, 0.6) is 0 Å². The number of rotatable bonds is 5. The van der Waals surface area contributed by atoms with Crippen molar-refractivity contribution in [3.63, 3.8) is 0 Å². The molecule has 1 heterocycles. The maximum atomic E-state index is 4.19. The largest absolute Gasteiger partial charge is 0.313 e. The molecule has 19 heavy (non-hydrogen) atoms. The number of benzene rings is 1. The van der Waals surface area contributed by atoms with E-state index in [0.717, 1.165) is 6.42 Å². The lowest BCUT2D eigenvalue weighted by Gasteiger charge is -2.16. The highest BCUT2D eigenvalue weighted by Crippen LogP contribution is 2.20. The SMILES string of the molecule is CNC(Cc1ccc(C(C)C)cc1)c1cccnc1. The van der Waals surface area contributed by atoms with Gasteiger partial charge in [0.15, 0.2) is 0 Å². The molecule has 1 aromatic carbocycles. The second-order valence-electron chi connectivity index (χ2n) is 5.23. The van der Waals surface area contributed by atoms with Crippen molar-refractivity contribution in [1.29, 1.82) is 0 Å². The summed E-state index contributed by atoms with van der Waals surface area (Å²) in [5, 5.41) is 3.36. The summed E-state index contributed by atoms with van der Waals surface area (Å²) in [5.74, 6) is 0.590. The minimum absolute atomic E-state index is 0.318. The molecule has 2 nitrogen and oxygen atoms in total. The molecule has 0 saturated heterocycles. The van der Waals surface area contributed by atoms with Crippen molar-refractivity contribution in [2.45, 2.75) is 32.2 Å². The maximum absolute atomic E-state index is 4.19. The van der Waals surface area contributed by atoms with E-state index in [1.807, 2.05) is 25.5 Å². The van der Waals surface area contributed by atoms with Gasteiger partial charge in [0.1, 0.15) is 0 Å². The zero-order valence-electron chi connectivity index (χ0n) is 11.9. The molecular formula is C17H22N2. The molecule has 0 spiro atoms. The number of nitrogens with zero attached hydrogens (tertiary/aromatic N) is 1. The summed E-state index contributed by atoms with van der Waals surface area (Å²) in [6.07, 6.45) is 4.73. The van der Waals surface area contributed by atoms with Gasteiger partial charge in [0.2, 0.25) is 0 Å². The van der Waals surface area contributed by atoms with Gasteiger partial charge in [-0.3, -0.25) is 4.98 Å². The summed E-state index contributed by atoms with van der Waals surface area (Å²) in [6, 6.07) is 13.4. The summed E-state index contributed by atoms with van der Waals surface area (Å²) in [4.78, 5) is 4.19. The highest BCUT2D eigenvalue weighted by molar-refractivity contribution is 5.27. The van der Waals surface area contributed by atoms with Crippen LogP contribution in [0.2, 0.25) is 0 Å². The Morgan fingerprint density at radius 1 is 1.05 bits per heavy atom. The lowest BCUT2D eigenvalue weighted by atomic mass is 9.97. The Kier molecular flexibility index (Phi) is 4.69. The third-order valence-electron chi connectivity index (χ3n) is 3.52. The molecule has 0 amide bonds. The number of pyridine rings is 1. The van der Waals surface area contributed by atoms with Crippen LogP contribution < -0.4 is 5.32 Å². The molecule has 0 aliphatic rings. The van der Waals surface area contributed by atoms with E-state index in [1.54, 1.807) is 0 Å². The molecule has 2 rings (SSSR count). The predicted molar refractivity (Wildman–Crippen MR) is 80.3 cm³/mol. The third kappa shape index (κ3) is 3.65. The number of hydrogen-bond acceptors (Lipinski definition) is 2. The molecule has 1 atom stereocenters. The Morgan fingerprint density at radius 3 is 2.32 bits per heavy atom. The molecule has 0 radical (unpaired) electrons. The second-order valence-corrected chi connectivity index (χ2v) is 5.23. The van der Waals surface area contributed by atoms with Gasteiger partial charge in [-0.1, -0.05) is 44.2 Å². The van der Waals surface area contributed by atoms with Crippen LogP contribution in [0, 0.1) is 0 Å². The lowest BCUT2D eigenvalue weighted by molar-refractivity contribution is 0.590. The van der Waals surface area contributed by atoms with Crippen molar-refractivity contribution >= 4 is 0 Å². The van der Waals surface area contributed by atoms with Gasteiger partial charge in [-0.2, -0.15) is 0 Å². The quantitative estimate of drug-likeness (QED) is 0.880. The molecule has 0 aliphatic heterocycles. The van der Waals surface area contributed by atoms with Crippen molar-refractivity contribution in [1.82, 2.24) is 10.3 Å².